The van der Waals surface area contributed by atoms with Crippen molar-refractivity contribution in [3.63, 3.8) is 0 Å². The van der Waals surface area contributed by atoms with E-state index in [1.807, 2.05) is 28.9 Å². The minimum absolute atomic E-state index is 0.0393. The van der Waals surface area contributed by atoms with Crippen LogP contribution in [0.15, 0.2) is 28.7 Å². The monoisotopic (exact) mass is 293 g/mol. The Labute approximate surface area is 107 Å². The molecule has 1 aromatic carbocycles. The maximum Gasteiger partial charge on any atom is 0.112 e. The standard InChI is InChI=1S/C12H12BrN3O/c13-9-3-5-10(6-4-9)16-12(8-1-2-8)11(7-17)14-15-16/h3-6,8,17H,1-2,7H2. The van der Waals surface area contributed by atoms with E-state index < -0.39 is 0 Å². The normalized spacial score (nSPS) is 15.2. The maximum absolute atomic E-state index is 9.28. The Balaban J connectivity index is 2.07. The lowest BCUT2D eigenvalue weighted by Gasteiger charge is -2.06. The summed E-state index contributed by atoms with van der Waals surface area (Å²) < 4.78 is 2.88. The number of aromatic nitrogens is 3. The highest BCUT2D eigenvalue weighted by Gasteiger charge is 2.31. The first-order valence-electron chi connectivity index (χ1n) is 5.61. The van der Waals surface area contributed by atoms with Crippen LogP contribution in [0.5, 0.6) is 0 Å². The van der Waals surface area contributed by atoms with Crippen LogP contribution >= 0.6 is 15.9 Å². The van der Waals surface area contributed by atoms with Crippen molar-refractivity contribution >= 4 is 15.9 Å². The molecule has 17 heavy (non-hydrogen) atoms. The summed E-state index contributed by atoms with van der Waals surface area (Å²) in [5.74, 6) is 0.510. The third-order valence-corrected chi connectivity index (χ3v) is 3.49. The number of hydrogen-bond donors (Lipinski definition) is 1. The fraction of sp³-hybridized carbons (Fsp3) is 0.333. The molecule has 0 unspecified atom stereocenters. The van der Waals surface area contributed by atoms with Crippen molar-refractivity contribution in [1.29, 1.82) is 0 Å². The number of aliphatic hydroxyl groups is 1. The Morgan fingerprint density at radius 1 is 1.29 bits per heavy atom. The Bertz CT molecular complexity index is 531. The number of nitrogens with zero attached hydrogens (tertiary/aromatic N) is 3. The lowest BCUT2D eigenvalue weighted by molar-refractivity contribution is 0.275. The van der Waals surface area contributed by atoms with Gasteiger partial charge in [0.05, 0.1) is 18.0 Å². The first-order chi connectivity index (χ1) is 8.29. The van der Waals surface area contributed by atoms with Gasteiger partial charge in [-0.2, -0.15) is 0 Å². The first kappa shape index (κ1) is 10.9. The molecule has 1 aliphatic carbocycles. The van der Waals surface area contributed by atoms with E-state index in [0.717, 1.165) is 28.7 Å². The summed E-state index contributed by atoms with van der Waals surface area (Å²) in [5, 5.41) is 17.5. The topological polar surface area (TPSA) is 50.9 Å². The molecule has 0 bridgehead atoms. The van der Waals surface area contributed by atoms with E-state index in [-0.39, 0.29) is 6.61 Å². The van der Waals surface area contributed by atoms with Crippen molar-refractivity contribution in [1.82, 2.24) is 15.0 Å². The number of rotatable bonds is 3. The summed E-state index contributed by atoms with van der Waals surface area (Å²) >= 11 is 3.41. The molecule has 1 N–H and O–H groups in total. The van der Waals surface area contributed by atoms with Gasteiger partial charge >= 0.3 is 0 Å². The fourth-order valence-electron chi connectivity index (χ4n) is 1.97. The van der Waals surface area contributed by atoms with Gasteiger partial charge in [-0.3, -0.25) is 0 Å². The fourth-order valence-corrected chi connectivity index (χ4v) is 2.24. The number of hydrogen-bond acceptors (Lipinski definition) is 3. The largest absolute Gasteiger partial charge is 0.390 e. The van der Waals surface area contributed by atoms with E-state index in [1.54, 1.807) is 0 Å². The van der Waals surface area contributed by atoms with Crippen LogP contribution in [0, 0.1) is 0 Å². The SMILES string of the molecule is OCc1nnn(-c2ccc(Br)cc2)c1C1CC1. The molecule has 1 saturated carbocycles. The van der Waals surface area contributed by atoms with Crippen LogP contribution in [0.2, 0.25) is 0 Å². The number of benzene rings is 1. The molecule has 0 radical (unpaired) electrons. The Morgan fingerprint density at radius 2 is 2.00 bits per heavy atom. The van der Waals surface area contributed by atoms with Gasteiger partial charge in [0.25, 0.3) is 0 Å². The summed E-state index contributed by atoms with van der Waals surface area (Å²) in [6, 6.07) is 7.94. The summed E-state index contributed by atoms with van der Waals surface area (Å²) in [6.45, 7) is -0.0393. The van der Waals surface area contributed by atoms with Crippen molar-refractivity contribution in [3.8, 4) is 5.69 Å². The van der Waals surface area contributed by atoms with E-state index in [1.165, 1.54) is 0 Å². The predicted octanol–water partition coefficient (Wildman–Crippen LogP) is 2.40. The third kappa shape index (κ3) is 2.00. The van der Waals surface area contributed by atoms with Crippen LogP contribution in [-0.4, -0.2) is 20.1 Å². The van der Waals surface area contributed by atoms with Crippen LogP contribution in [-0.2, 0) is 6.61 Å². The molecule has 88 valence electrons. The molecular formula is C12H12BrN3O. The van der Waals surface area contributed by atoms with Gasteiger partial charge in [0, 0.05) is 10.4 Å². The molecule has 1 heterocycles. The van der Waals surface area contributed by atoms with Crippen molar-refractivity contribution in [2.24, 2.45) is 0 Å². The van der Waals surface area contributed by atoms with Crippen molar-refractivity contribution in [2.45, 2.75) is 25.4 Å². The smallest absolute Gasteiger partial charge is 0.112 e. The minimum atomic E-state index is -0.0393. The Kier molecular flexibility index (Phi) is 2.72. The van der Waals surface area contributed by atoms with Crippen LogP contribution in [0.1, 0.15) is 30.1 Å². The van der Waals surface area contributed by atoms with E-state index in [4.69, 9.17) is 0 Å². The lowest BCUT2D eigenvalue weighted by atomic mass is 10.2. The molecule has 0 aliphatic heterocycles. The molecule has 5 heteroatoms. The Hall–Kier alpha value is -1.20. The van der Waals surface area contributed by atoms with Gasteiger partial charge in [-0.25, -0.2) is 4.68 Å². The summed E-state index contributed by atoms with van der Waals surface area (Å²) in [4.78, 5) is 0. The lowest BCUT2D eigenvalue weighted by Crippen LogP contribution is -2.02. The number of aliphatic hydroxyl groups excluding tert-OH is 1. The summed E-state index contributed by atoms with van der Waals surface area (Å²) in [5.41, 5.74) is 2.76. The second-order valence-electron chi connectivity index (χ2n) is 4.24. The van der Waals surface area contributed by atoms with Crippen LogP contribution < -0.4 is 0 Å². The zero-order valence-corrected chi connectivity index (χ0v) is 10.8. The molecule has 0 atom stereocenters. The number of halogens is 1. The first-order valence-corrected chi connectivity index (χ1v) is 6.40. The second-order valence-corrected chi connectivity index (χ2v) is 5.16. The molecule has 4 nitrogen and oxygen atoms in total. The predicted molar refractivity (Wildman–Crippen MR) is 67.0 cm³/mol. The van der Waals surface area contributed by atoms with Crippen molar-refractivity contribution < 1.29 is 5.11 Å². The van der Waals surface area contributed by atoms with Gasteiger partial charge in [-0.15, -0.1) is 5.10 Å². The molecular weight excluding hydrogens is 282 g/mol. The molecule has 0 amide bonds. The van der Waals surface area contributed by atoms with Crippen molar-refractivity contribution in [3.05, 3.63) is 40.1 Å². The van der Waals surface area contributed by atoms with Gasteiger partial charge in [-0.1, -0.05) is 21.1 Å². The highest BCUT2D eigenvalue weighted by atomic mass is 79.9. The zero-order chi connectivity index (χ0) is 11.8. The molecule has 0 spiro atoms. The van der Waals surface area contributed by atoms with Gasteiger partial charge < -0.3 is 5.11 Å². The van der Waals surface area contributed by atoms with Crippen LogP contribution in [0.25, 0.3) is 5.69 Å². The van der Waals surface area contributed by atoms with Gasteiger partial charge in [0.1, 0.15) is 5.69 Å². The van der Waals surface area contributed by atoms with E-state index in [2.05, 4.69) is 26.2 Å². The molecule has 1 aliphatic rings. The van der Waals surface area contributed by atoms with Gasteiger partial charge in [0.2, 0.25) is 0 Å². The maximum atomic E-state index is 9.28. The van der Waals surface area contributed by atoms with E-state index in [0.29, 0.717) is 11.6 Å². The zero-order valence-electron chi connectivity index (χ0n) is 9.17. The average Bonchev–Trinajstić information content (AvgIpc) is 3.10. The van der Waals surface area contributed by atoms with Gasteiger partial charge in [0.15, 0.2) is 0 Å². The average molecular weight is 294 g/mol. The van der Waals surface area contributed by atoms with E-state index >= 15 is 0 Å². The molecule has 2 aromatic rings. The minimum Gasteiger partial charge on any atom is -0.390 e. The van der Waals surface area contributed by atoms with Crippen LogP contribution in [0.3, 0.4) is 0 Å². The second kappa shape index (κ2) is 4.23. The molecule has 3 rings (SSSR count). The summed E-state index contributed by atoms with van der Waals surface area (Å²) in [7, 11) is 0. The van der Waals surface area contributed by atoms with Crippen LogP contribution in [0.4, 0.5) is 0 Å². The highest BCUT2D eigenvalue weighted by Crippen LogP contribution is 2.41. The Morgan fingerprint density at radius 3 is 2.59 bits per heavy atom. The van der Waals surface area contributed by atoms with Crippen molar-refractivity contribution in [2.75, 3.05) is 0 Å². The van der Waals surface area contributed by atoms with E-state index in [9.17, 15) is 5.11 Å². The highest BCUT2D eigenvalue weighted by molar-refractivity contribution is 9.10. The third-order valence-electron chi connectivity index (χ3n) is 2.96. The molecule has 1 fully saturated rings. The quantitative estimate of drug-likeness (QED) is 0.945. The molecule has 1 aromatic heterocycles. The molecule has 0 saturated heterocycles. The summed E-state index contributed by atoms with van der Waals surface area (Å²) in [6.07, 6.45) is 2.33. The van der Waals surface area contributed by atoms with Gasteiger partial charge in [-0.05, 0) is 37.1 Å².